The maximum absolute atomic E-state index is 15.4. The molecule has 5 heteroatoms. The number of nitrogens with zero attached hydrogens (tertiary/aromatic N) is 2. The number of anilines is 8. The average molecular weight is 795 g/mol. The number of halogens is 2. The van der Waals surface area contributed by atoms with Crippen LogP contribution in [0.25, 0.3) is 0 Å². The van der Waals surface area contributed by atoms with Crippen molar-refractivity contribution in [3.05, 3.63) is 166 Å². The number of hydrogen-bond acceptors (Lipinski definition) is 3. The monoisotopic (exact) mass is 793 g/mol. The first kappa shape index (κ1) is 42.5. The van der Waals surface area contributed by atoms with Gasteiger partial charge in [0, 0.05) is 28.4 Å². The lowest BCUT2D eigenvalue weighted by Crippen LogP contribution is -2.17. The van der Waals surface area contributed by atoms with Gasteiger partial charge < -0.3 is 15.1 Å². The van der Waals surface area contributed by atoms with E-state index in [1.54, 1.807) is 12.1 Å². The fourth-order valence-corrected chi connectivity index (χ4v) is 7.38. The minimum atomic E-state index is -0.327. The molecule has 6 aromatic rings. The lowest BCUT2D eigenvalue weighted by atomic mass is 9.86. The van der Waals surface area contributed by atoms with Gasteiger partial charge in [-0.1, -0.05) is 143 Å². The zero-order chi connectivity index (χ0) is 42.4. The van der Waals surface area contributed by atoms with Crippen molar-refractivity contribution in [1.82, 2.24) is 0 Å². The van der Waals surface area contributed by atoms with Crippen LogP contribution in [0.5, 0.6) is 0 Å². The zero-order valence-electron chi connectivity index (χ0n) is 36.8. The molecule has 6 aromatic carbocycles. The summed E-state index contributed by atoms with van der Waals surface area (Å²) in [6.45, 7) is 28.6. The highest BCUT2D eigenvalue weighted by Crippen LogP contribution is 2.47. The molecule has 58 heavy (non-hydrogen) atoms. The van der Waals surface area contributed by atoms with E-state index in [-0.39, 0.29) is 27.5 Å². The topological polar surface area (TPSA) is 18.5 Å². The molecular weight excluding hydrogens is 733 g/mol. The zero-order valence-corrected chi connectivity index (χ0v) is 37.5. The van der Waals surface area contributed by atoms with Gasteiger partial charge >= 0.3 is 0 Å². The van der Waals surface area contributed by atoms with Gasteiger partial charge in [-0.3, -0.25) is 0 Å². The Morgan fingerprint density at radius 2 is 0.845 bits per heavy atom. The number of aryl methyl sites for hydroxylation is 1. The fraction of sp³-hybridized carbons (Fsp3) is 0.321. The quantitative estimate of drug-likeness (QED) is 0.166. The number of nitrogens with one attached hydrogen (secondary N) is 1. The molecule has 0 aromatic heterocycles. The van der Waals surface area contributed by atoms with Crippen LogP contribution >= 0.6 is 11.6 Å². The molecular formula is C53H61ClFN3. The average Bonchev–Trinajstić information content (AvgIpc) is 3.14. The maximum Gasteiger partial charge on any atom is 0.146 e. The van der Waals surface area contributed by atoms with Crippen LogP contribution in [0.15, 0.2) is 127 Å². The van der Waals surface area contributed by atoms with E-state index >= 15 is 4.39 Å². The van der Waals surface area contributed by atoms with E-state index in [4.69, 9.17) is 11.6 Å². The molecule has 0 aliphatic rings. The highest BCUT2D eigenvalue weighted by atomic mass is 35.5. The van der Waals surface area contributed by atoms with Gasteiger partial charge in [-0.05, 0) is 135 Å². The van der Waals surface area contributed by atoms with Gasteiger partial charge in [0.2, 0.25) is 0 Å². The molecule has 0 aliphatic carbocycles. The molecule has 0 spiro atoms. The molecule has 0 fully saturated rings. The Hall–Kier alpha value is -5.06. The number of hydrogen-bond donors (Lipinski definition) is 1. The molecule has 0 unspecified atom stereocenters. The predicted octanol–water partition coefficient (Wildman–Crippen LogP) is 16.7. The van der Waals surface area contributed by atoms with Crippen molar-refractivity contribution in [3.8, 4) is 0 Å². The SMILES string of the molecule is Cc1ccc(Nc2cc(C(C)(C)C)cc(N(c3ccc(C(C)(C)C)cc3)c3cccc(N(c4ccc(C(C)(C)C)cc4)c4ccc(C(C)(C)C)cc4)c3)c2Cl)c(F)c1. The standard InChI is InChI=1S/C53H61ClFN3/c1-35-17-30-46(45(55)31-35)56-47-32-39(53(11,12)13)33-48(49(47)54)58(42-28-22-38(23-29-42)52(8,9)10)44-16-14-15-43(34-44)57(40-24-18-36(19-25-40)50(2,3)4)41-26-20-37(21-27-41)51(5,6)7/h14-34,56H,1-13H3. The Balaban J connectivity index is 1.58. The summed E-state index contributed by atoms with van der Waals surface area (Å²) in [6.07, 6.45) is 0. The Kier molecular flexibility index (Phi) is 11.7. The first-order valence-electron chi connectivity index (χ1n) is 20.4. The summed E-state index contributed by atoms with van der Waals surface area (Å²) in [6, 6.07) is 44.7. The second-order valence-corrected chi connectivity index (χ2v) is 20.2. The van der Waals surface area contributed by atoms with E-state index in [1.807, 2.05) is 19.1 Å². The normalized spacial score (nSPS) is 12.4. The van der Waals surface area contributed by atoms with Gasteiger partial charge in [-0.15, -0.1) is 0 Å². The molecule has 0 amide bonds. The molecule has 0 radical (unpaired) electrons. The van der Waals surface area contributed by atoms with Crippen molar-refractivity contribution in [3.63, 3.8) is 0 Å². The lowest BCUT2D eigenvalue weighted by Gasteiger charge is -2.32. The number of rotatable bonds is 8. The summed E-state index contributed by atoms with van der Waals surface area (Å²) in [7, 11) is 0. The molecule has 3 nitrogen and oxygen atoms in total. The third-order valence-corrected chi connectivity index (χ3v) is 11.3. The van der Waals surface area contributed by atoms with Crippen LogP contribution in [-0.4, -0.2) is 0 Å². The van der Waals surface area contributed by atoms with Crippen LogP contribution in [0.1, 0.15) is 111 Å². The van der Waals surface area contributed by atoms with Crippen LogP contribution < -0.4 is 15.1 Å². The van der Waals surface area contributed by atoms with Crippen LogP contribution in [0.3, 0.4) is 0 Å². The smallest absolute Gasteiger partial charge is 0.146 e. The predicted molar refractivity (Wildman–Crippen MR) is 250 cm³/mol. The van der Waals surface area contributed by atoms with Crippen LogP contribution in [0, 0.1) is 12.7 Å². The highest BCUT2D eigenvalue weighted by Gasteiger charge is 2.26. The largest absolute Gasteiger partial charge is 0.352 e. The summed E-state index contributed by atoms with van der Waals surface area (Å²) >= 11 is 7.52. The summed E-state index contributed by atoms with van der Waals surface area (Å²) in [5.41, 5.74) is 12.3. The third kappa shape index (κ3) is 9.45. The van der Waals surface area contributed by atoms with Crippen LogP contribution in [0.2, 0.25) is 5.02 Å². The van der Waals surface area contributed by atoms with Crippen molar-refractivity contribution in [2.75, 3.05) is 15.1 Å². The van der Waals surface area contributed by atoms with Gasteiger partial charge in [0.05, 0.1) is 22.1 Å². The highest BCUT2D eigenvalue weighted by molar-refractivity contribution is 6.36. The second-order valence-electron chi connectivity index (χ2n) is 19.8. The first-order chi connectivity index (χ1) is 27.0. The lowest BCUT2D eigenvalue weighted by molar-refractivity contribution is 0.590. The molecule has 0 atom stereocenters. The van der Waals surface area contributed by atoms with E-state index in [0.29, 0.717) is 16.4 Å². The van der Waals surface area contributed by atoms with E-state index < -0.39 is 0 Å². The van der Waals surface area contributed by atoms with Gasteiger partial charge in [0.25, 0.3) is 0 Å². The first-order valence-corrected chi connectivity index (χ1v) is 20.8. The summed E-state index contributed by atoms with van der Waals surface area (Å²) in [5.74, 6) is -0.327. The second kappa shape index (κ2) is 15.9. The summed E-state index contributed by atoms with van der Waals surface area (Å²) in [4.78, 5) is 4.55. The van der Waals surface area contributed by atoms with Crippen molar-refractivity contribution >= 4 is 57.1 Å². The van der Waals surface area contributed by atoms with E-state index in [1.165, 1.54) is 16.7 Å². The van der Waals surface area contributed by atoms with E-state index in [9.17, 15) is 0 Å². The Bertz CT molecular complexity index is 2310. The molecule has 0 aliphatic heterocycles. The minimum Gasteiger partial charge on any atom is -0.352 e. The maximum atomic E-state index is 15.4. The Morgan fingerprint density at radius 3 is 1.26 bits per heavy atom. The van der Waals surface area contributed by atoms with Crippen molar-refractivity contribution < 1.29 is 4.39 Å². The number of benzene rings is 6. The van der Waals surface area contributed by atoms with Crippen molar-refractivity contribution in [2.24, 2.45) is 0 Å². The molecule has 1 N–H and O–H groups in total. The van der Waals surface area contributed by atoms with E-state index in [2.05, 4.69) is 201 Å². The van der Waals surface area contributed by atoms with Gasteiger partial charge in [-0.25, -0.2) is 4.39 Å². The van der Waals surface area contributed by atoms with Gasteiger partial charge in [0.15, 0.2) is 0 Å². The summed E-state index contributed by atoms with van der Waals surface area (Å²) < 4.78 is 15.4. The molecule has 0 bridgehead atoms. The van der Waals surface area contributed by atoms with Gasteiger partial charge in [-0.2, -0.15) is 0 Å². The van der Waals surface area contributed by atoms with Crippen molar-refractivity contribution in [1.29, 1.82) is 0 Å². The summed E-state index contributed by atoms with van der Waals surface area (Å²) in [5, 5.41) is 3.86. The third-order valence-electron chi connectivity index (χ3n) is 10.9. The van der Waals surface area contributed by atoms with E-state index in [0.717, 1.165) is 45.3 Å². The van der Waals surface area contributed by atoms with Gasteiger partial charge in [0.1, 0.15) is 5.82 Å². The minimum absolute atomic E-state index is 0.0200. The Morgan fingerprint density at radius 1 is 0.431 bits per heavy atom. The fourth-order valence-electron chi connectivity index (χ4n) is 7.14. The Labute approximate surface area is 352 Å². The molecule has 0 heterocycles. The van der Waals surface area contributed by atoms with Crippen LogP contribution in [-0.2, 0) is 21.7 Å². The van der Waals surface area contributed by atoms with Crippen LogP contribution in [0.4, 0.5) is 49.9 Å². The molecule has 0 saturated heterocycles. The van der Waals surface area contributed by atoms with Crippen molar-refractivity contribution in [2.45, 2.75) is 112 Å². The molecule has 6 rings (SSSR count). The molecule has 0 saturated carbocycles. The molecule has 302 valence electrons.